The molecule has 1 N–H and O–H groups in total. The van der Waals surface area contributed by atoms with Crippen molar-refractivity contribution in [3.63, 3.8) is 0 Å². The summed E-state index contributed by atoms with van der Waals surface area (Å²) in [5, 5.41) is 3.70. The molecule has 3 nitrogen and oxygen atoms in total. The van der Waals surface area contributed by atoms with Crippen LogP contribution in [0.15, 0.2) is 18.2 Å². The smallest absolute Gasteiger partial charge is 0.145 e. The molecule has 2 unspecified atom stereocenters. The zero-order valence-electron chi connectivity index (χ0n) is 13.1. The van der Waals surface area contributed by atoms with Crippen LogP contribution in [0.3, 0.4) is 0 Å². The number of methoxy groups -OCH3 is 2. The fourth-order valence-electron chi connectivity index (χ4n) is 3.25. The van der Waals surface area contributed by atoms with Crippen molar-refractivity contribution in [3.8, 4) is 11.5 Å². The van der Waals surface area contributed by atoms with Gasteiger partial charge < -0.3 is 14.8 Å². The standard InChI is InChI=1S/C17H27NO2/c1-12(2)14-7-5-6-8-15(14)18-16-10-9-13(19-3)11-17(16)20-4/h9-12,14-15,18H,5-8H2,1-4H3. The lowest BCUT2D eigenvalue weighted by molar-refractivity contribution is 0.253. The number of benzene rings is 1. The third-order valence-corrected chi connectivity index (χ3v) is 4.43. The molecule has 1 aromatic carbocycles. The molecule has 0 aliphatic heterocycles. The largest absolute Gasteiger partial charge is 0.497 e. The van der Waals surface area contributed by atoms with Crippen molar-refractivity contribution >= 4 is 5.69 Å². The Kier molecular flexibility index (Phi) is 5.16. The zero-order chi connectivity index (χ0) is 14.5. The van der Waals surface area contributed by atoms with E-state index in [9.17, 15) is 0 Å². The highest BCUT2D eigenvalue weighted by atomic mass is 16.5. The highest BCUT2D eigenvalue weighted by molar-refractivity contribution is 5.59. The summed E-state index contributed by atoms with van der Waals surface area (Å²) in [5.41, 5.74) is 1.07. The first-order valence-electron chi connectivity index (χ1n) is 7.64. The van der Waals surface area contributed by atoms with Gasteiger partial charge in [-0.1, -0.05) is 26.7 Å². The Morgan fingerprint density at radius 3 is 2.50 bits per heavy atom. The zero-order valence-corrected chi connectivity index (χ0v) is 13.1. The maximum absolute atomic E-state index is 5.48. The second-order valence-corrected chi connectivity index (χ2v) is 6.01. The van der Waals surface area contributed by atoms with Gasteiger partial charge in [0.15, 0.2) is 0 Å². The van der Waals surface area contributed by atoms with Crippen LogP contribution >= 0.6 is 0 Å². The van der Waals surface area contributed by atoms with Gasteiger partial charge in [0, 0.05) is 12.1 Å². The Balaban J connectivity index is 2.15. The van der Waals surface area contributed by atoms with Crippen LogP contribution < -0.4 is 14.8 Å². The summed E-state index contributed by atoms with van der Waals surface area (Å²) in [6.07, 6.45) is 5.26. The van der Waals surface area contributed by atoms with E-state index in [4.69, 9.17) is 9.47 Å². The maximum atomic E-state index is 5.48. The van der Waals surface area contributed by atoms with Crippen LogP contribution in [0.1, 0.15) is 39.5 Å². The van der Waals surface area contributed by atoms with E-state index in [1.807, 2.05) is 12.1 Å². The Morgan fingerprint density at radius 2 is 1.85 bits per heavy atom. The molecule has 0 amide bonds. The Morgan fingerprint density at radius 1 is 1.10 bits per heavy atom. The summed E-state index contributed by atoms with van der Waals surface area (Å²) in [5.74, 6) is 3.15. The molecular weight excluding hydrogens is 250 g/mol. The third-order valence-electron chi connectivity index (χ3n) is 4.43. The first kappa shape index (κ1) is 15.0. The summed E-state index contributed by atoms with van der Waals surface area (Å²) in [7, 11) is 3.39. The lowest BCUT2D eigenvalue weighted by Gasteiger charge is -2.35. The second kappa shape index (κ2) is 6.87. The summed E-state index contributed by atoms with van der Waals surface area (Å²) < 4.78 is 10.7. The van der Waals surface area contributed by atoms with E-state index >= 15 is 0 Å². The van der Waals surface area contributed by atoms with Gasteiger partial charge in [-0.15, -0.1) is 0 Å². The molecule has 1 aromatic rings. The number of nitrogens with one attached hydrogen (secondary N) is 1. The molecule has 2 rings (SSSR count). The summed E-state index contributed by atoms with van der Waals surface area (Å²) in [6, 6.07) is 6.53. The monoisotopic (exact) mass is 277 g/mol. The van der Waals surface area contributed by atoms with Crippen molar-refractivity contribution in [2.45, 2.75) is 45.6 Å². The molecule has 1 fully saturated rings. The molecule has 1 saturated carbocycles. The fourth-order valence-corrected chi connectivity index (χ4v) is 3.25. The fraction of sp³-hybridized carbons (Fsp3) is 0.647. The summed E-state index contributed by atoms with van der Waals surface area (Å²) >= 11 is 0. The predicted molar refractivity (Wildman–Crippen MR) is 83.8 cm³/mol. The molecule has 0 radical (unpaired) electrons. The van der Waals surface area contributed by atoms with E-state index < -0.39 is 0 Å². The van der Waals surface area contributed by atoms with Crippen molar-refractivity contribution in [3.05, 3.63) is 18.2 Å². The molecule has 0 spiro atoms. The lowest BCUT2D eigenvalue weighted by Crippen LogP contribution is -2.35. The van der Waals surface area contributed by atoms with E-state index in [2.05, 4.69) is 25.2 Å². The molecule has 112 valence electrons. The van der Waals surface area contributed by atoms with Crippen LogP contribution in [0.5, 0.6) is 11.5 Å². The molecule has 3 heteroatoms. The molecule has 2 atom stereocenters. The minimum Gasteiger partial charge on any atom is -0.497 e. The number of ether oxygens (including phenoxy) is 2. The quantitative estimate of drug-likeness (QED) is 0.869. The van der Waals surface area contributed by atoms with Crippen LogP contribution in [-0.2, 0) is 0 Å². The van der Waals surface area contributed by atoms with Crippen molar-refractivity contribution in [2.75, 3.05) is 19.5 Å². The highest BCUT2D eigenvalue weighted by Gasteiger charge is 2.27. The van der Waals surface area contributed by atoms with Gasteiger partial charge in [0.2, 0.25) is 0 Å². The van der Waals surface area contributed by atoms with Crippen LogP contribution in [-0.4, -0.2) is 20.3 Å². The van der Waals surface area contributed by atoms with E-state index in [1.165, 1.54) is 25.7 Å². The van der Waals surface area contributed by atoms with Crippen LogP contribution in [0.25, 0.3) is 0 Å². The molecule has 1 aliphatic carbocycles. The van der Waals surface area contributed by atoms with Crippen molar-refractivity contribution in [1.29, 1.82) is 0 Å². The molecule has 0 saturated heterocycles. The Labute approximate surface area is 122 Å². The second-order valence-electron chi connectivity index (χ2n) is 6.01. The number of hydrogen-bond acceptors (Lipinski definition) is 3. The first-order chi connectivity index (χ1) is 9.65. The first-order valence-corrected chi connectivity index (χ1v) is 7.64. The van der Waals surface area contributed by atoms with Gasteiger partial charge in [0.25, 0.3) is 0 Å². The average molecular weight is 277 g/mol. The van der Waals surface area contributed by atoms with Gasteiger partial charge in [-0.3, -0.25) is 0 Å². The lowest BCUT2D eigenvalue weighted by atomic mass is 9.78. The summed E-state index contributed by atoms with van der Waals surface area (Å²) in [4.78, 5) is 0. The Hall–Kier alpha value is -1.38. The molecule has 0 aromatic heterocycles. The normalized spacial score (nSPS) is 22.6. The van der Waals surface area contributed by atoms with Crippen molar-refractivity contribution in [1.82, 2.24) is 0 Å². The van der Waals surface area contributed by atoms with Crippen LogP contribution in [0, 0.1) is 11.8 Å². The van der Waals surface area contributed by atoms with Gasteiger partial charge in [-0.2, -0.15) is 0 Å². The number of hydrogen-bond donors (Lipinski definition) is 1. The van der Waals surface area contributed by atoms with E-state index in [1.54, 1.807) is 14.2 Å². The van der Waals surface area contributed by atoms with Crippen molar-refractivity contribution < 1.29 is 9.47 Å². The molecule has 1 aliphatic rings. The molecular formula is C17H27NO2. The minimum atomic E-state index is 0.547. The van der Waals surface area contributed by atoms with Gasteiger partial charge in [-0.05, 0) is 36.8 Å². The average Bonchev–Trinajstić information content (AvgIpc) is 2.48. The van der Waals surface area contributed by atoms with E-state index in [0.29, 0.717) is 6.04 Å². The van der Waals surface area contributed by atoms with Crippen molar-refractivity contribution in [2.24, 2.45) is 11.8 Å². The van der Waals surface area contributed by atoms with Gasteiger partial charge in [-0.25, -0.2) is 0 Å². The van der Waals surface area contributed by atoms with Crippen LogP contribution in [0.4, 0.5) is 5.69 Å². The molecule has 0 heterocycles. The predicted octanol–water partition coefficient (Wildman–Crippen LogP) is 4.33. The van der Waals surface area contributed by atoms with E-state index in [-0.39, 0.29) is 0 Å². The minimum absolute atomic E-state index is 0.547. The van der Waals surface area contributed by atoms with Gasteiger partial charge in [0.1, 0.15) is 11.5 Å². The maximum Gasteiger partial charge on any atom is 0.145 e. The highest BCUT2D eigenvalue weighted by Crippen LogP contribution is 2.35. The van der Waals surface area contributed by atoms with Gasteiger partial charge >= 0.3 is 0 Å². The molecule has 20 heavy (non-hydrogen) atoms. The number of rotatable bonds is 5. The van der Waals surface area contributed by atoms with Crippen LogP contribution in [0.2, 0.25) is 0 Å². The Bertz CT molecular complexity index is 431. The summed E-state index contributed by atoms with van der Waals surface area (Å²) in [6.45, 7) is 4.66. The van der Waals surface area contributed by atoms with Gasteiger partial charge in [0.05, 0.1) is 19.9 Å². The third kappa shape index (κ3) is 3.38. The number of anilines is 1. The van der Waals surface area contributed by atoms with E-state index in [0.717, 1.165) is 29.0 Å². The molecule has 0 bridgehead atoms. The SMILES string of the molecule is COc1ccc(NC2CCCCC2C(C)C)c(OC)c1. The topological polar surface area (TPSA) is 30.5 Å².